The molecule has 1 aliphatic heterocycles. The lowest BCUT2D eigenvalue weighted by Crippen LogP contribution is -2.41. The molecule has 3 aromatic carbocycles. The fourth-order valence-electron chi connectivity index (χ4n) is 4.36. The van der Waals surface area contributed by atoms with E-state index in [0.29, 0.717) is 44.3 Å². The number of rotatable bonds is 13. The molecule has 1 heterocycles. The molecule has 7 nitrogen and oxygen atoms in total. The van der Waals surface area contributed by atoms with Crippen molar-refractivity contribution in [3.63, 3.8) is 0 Å². The molecule has 0 aromatic heterocycles. The van der Waals surface area contributed by atoms with Gasteiger partial charge >= 0.3 is 0 Å². The van der Waals surface area contributed by atoms with E-state index in [0.717, 1.165) is 41.8 Å². The number of carbonyl (C=O) groups excluding carboxylic acids is 2. The first kappa shape index (κ1) is 27.7. The number of nitrogens with zero attached hydrogens (tertiary/aromatic N) is 1. The zero-order valence-electron chi connectivity index (χ0n) is 22.0. The van der Waals surface area contributed by atoms with Crippen molar-refractivity contribution in [3.8, 4) is 11.1 Å². The molecule has 1 N–H and O–H groups in total. The Morgan fingerprint density at radius 3 is 2.39 bits per heavy atom. The molecule has 0 bridgehead atoms. The first-order valence-electron chi connectivity index (χ1n) is 13.1. The molecule has 1 aliphatic rings. The molecule has 0 unspecified atom stereocenters. The van der Waals surface area contributed by atoms with Gasteiger partial charge in [0.25, 0.3) is 0 Å². The van der Waals surface area contributed by atoms with Gasteiger partial charge in [0.2, 0.25) is 5.91 Å². The summed E-state index contributed by atoms with van der Waals surface area (Å²) in [6.45, 7) is 4.51. The minimum absolute atomic E-state index is 0.00583. The lowest BCUT2D eigenvalue weighted by atomic mass is 9.98. The molecule has 3 aromatic rings. The third-order valence-corrected chi connectivity index (χ3v) is 6.50. The fraction of sp³-hybridized carbons (Fsp3) is 0.355. The standard InChI is InChI=1S/C31H36N2O5/c1-36-16-5-17-38-23-28-13-12-27(21-29(28)32-31(35)22-33-14-18-37-19-15-33)30(34)20-24-8-10-26(11-9-24)25-6-3-2-4-7-25/h2-4,6-13,21H,5,14-20,22-23H2,1H3,(H,32,35). The van der Waals surface area contributed by atoms with Crippen LogP contribution < -0.4 is 5.32 Å². The van der Waals surface area contributed by atoms with Crippen LogP contribution >= 0.6 is 0 Å². The first-order valence-corrected chi connectivity index (χ1v) is 13.1. The molecule has 1 fully saturated rings. The summed E-state index contributed by atoms with van der Waals surface area (Å²) >= 11 is 0. The van der Waals surface area contributed by atoms with Crippen LogP contribution in [0.5, 0.6) is 0 Å². The summed E-state index contributed by atoms with van der Waals surface area (Å²) in [6.07, 6.45) is 1.07. The maximum absolute atomic E-state index is 13.2. The molecule has 0 spiro atoms. The second kappa shape index (κ2) is 14.5. The van der Waals surface area contributed by atoms with Crippen molar-refractivity contribution in [3.05, 3.63) is 89.5 Å². The van der Waals surface area contributed by atoms with Gasteiger partial charge in [-0.1, -0.05) is 66.7 Å². The normalized spacial score (nSPS) is 13.8. The SMILES string of the molecule is COCCCOCc1ccc(C(=O)Cc2ccc(-c3ccccc3)cc2)cc1NC(=O)CN1CCOCC1. The minimum Gasteiger partial charge on any atom is -0.385 e. The number of nitrogens with one attached hydrogen (secondary N) is 1. The Morgan fingerprint density at radius 2 is 1.66 bits per heavy atom. The molecule has 38 heavy (non-hydrogen) atoms. The highest BCUT2D eigenvalue weighted by Gasteiger charge is 2.17. The zero-order chi connectivity index (χ0) is 26.6. The smallest absolute Gasteiger partial charge is 0.238 e. The average molecular weight is 517 g/mol. The highest BCUT2D eigenvalue weighted by atomic mass is 16.5. The minimum atomic E-state index is -0.117. The van der Waals surface area contributed by atoms with E-state index in [2.05, 4.69) is 22.3 Å². The molecular weight excluding hydrogens is 480 g/mol. The summed E-state index contributed by atoms with van der Waals surface area (Å²) in [7, 11) is 1.66. The molecule has 0 atom stereocenters. The van der Waals surface area contributed by atoms with Crippen molar-refractivity contribution in [2.45, 2.75) is 19.4 Å². The largest absolute Gasteiger partial charge is 0.385 e. The Bertz CT molecular complexity index is 1170. The number of ketones is 1. The highest BCUT2D eigenvalue weighted by Crippen LogP contribution is 2.23. The quantitative estimate of drug-likeness (QED) is 0.264. The lowest BCUT2D eigenvalue weighted by molar-refractivity contribution is -0.118. The van der Waals surface area contributed by atoms with Crippen molar-refractivity contribution >= 4 is 17.4 Å². The maximum atomic E-state index is 13.2. The molecule has 0 radical (unpaired) electrons. The Hall–Kier alpha value is -3.36. The van der Waals surface area contributed by atoms with Gasteiger partial charge in [-0.25, -0.2) is 0 Å². The average Bonchev–Trinajstić information content (AvgIpc) is 2.95. The molecule has 1 saturated heterocycles. The van der Waals surface area contributed by atoms with Crippen molar-refractivity contribution < 1.29 is 23.8 Å². The molecule has 7 heteroatoms. The van der Waals surface area contributed by atoms with Crippen LogP contribution in [0.15, 0.2) is 72.8 Å². The van der Waals surface area contributed by atoms with E-state index in [1.165, 1.54) is 0 Å². The Balaban J connectivity index is 1.43. The summed E-state index contributed by atoms with van der Waals surface area (Å²) < 4.78 is 16.2. The molecule has 1 amide bonds. The number of carbonyl (C=O) groups is 2. The van der Waals surface area contributed by atoms with Crippen LogP contribution in [0.3, 0.4) is 0 Å². The second-order valence-corrected chi connectivity index (χ2v) is 9.37. The van der Waals surface area contributed by atoms with Gasteiger partial charge in [0.1, 0.15) is 0 Å². The van der Waals surface area contributed by atoms with Gasteiger partial charge in [-0.3, -0.25) is 14.5 Å². The van der Waals surface area contributed by atoms with E-state index in [-0.39, 0.29) is 24.7 Å². The predicted molar refractivity (Wildman–Crippen MR) is 148 cm³/mol. The van der Waals surface area contributed by atoms with Crippen LogP contribution in [0.25, 0.3) is 11.1 Å². The van der Waals surface area contributed by atoms with Gasteiger partial charge in [0, 0.05) is 56.6 Å². The van der Waals surface area contributed by atoms with E-state index in [1.54, 1.807) is 13.2 Å². The number of ether oxygens (including phenoxy) is 3. The van der Waals surface area contributed by atoms with Crippen molar-refractivity contribution in [1.29, 1.82) is 0 Å². The maximum Gasteiger partial charge on any atom is 0.238 e. The summed E-state index contributed by atoms with van der Waals surface area (Å²) in [6, 6.07) is 23.7. The molecule has 200 valence electrons. The van der Waals surface area contributed by atoms with Gasteiger partial charge in [-0.05, 0) is 29.2 Å². The van der Waals surface area contributed by atoms with Crippen LogP contribution in [-0.2, 0) is 32.0 Å². The monoisotopic (exact) mass is 516 g/mol. The topological polar surface area (TPSA) is 77.1 Å². The fourth-order valence-corrected chi connectivity index (χ4v) is 4.36. The predicted octanol–water partition coefficient (Wildman–Crippen LogP) is 4.60. The highest BCUT2D eigenvalue weighted by molar-refractivity contribution is 6.00. The van der Waals surface area contributed by atoms with Crippen molar-refractivity contribution in [1.82, 2.24) is 4.90 Å². The van der Waals surface area contributed by atoms with Crippen LogP contribution in [0.2, 0.25) is 0 Å². The van der Waals surface area contributed by atoms with Crippen LogP contribution in [0, 0.1) is 0 Å². The van der Waals surface area contributed by atoms with Crippen LogP contribution in [-0.4, -0.2) is 69.8 Å². The molecular formula is C31H36N2O5. The first-order chi connectivity index (χ1) is 18.6. The van der Waals surface area contributed by atoms with Gasteiger partial charge in [-0.2, -0.15) is 0 Å². The summed E-state index contributed by atoms with van der Waals surface area (Å²) in [5, 5.41) is 3.02. The van der Waals surface area contributed by atoms with Crippen LogP contribution in [0.1, 0.15) is 27.9 Å². The Kier molecular flexibility index (Phi) is 10.6. The number of methoxy groups -OCH3 is 1. The summed E-state index contributed by atoms with van der Waals surface area (Å²) in [5.41, 5.74) is 5.20. The third kappa shape index (κ3) is 8.33. The zero-order valence-corrected chi connectivity index (χ0v) is 22.0. The van der Waals surface area contributed by atoms with Gasteiger partial charge < -0.3 is 19.5 Å². The number of amides is 1. The van der Waals surface area contributed by atoms with Gasteiger partial charge in [-0.15, -0.1) is 0 Å². The van der Waals surface area contributed by atoms with Crippen molar-refractivity contribution in [2.75, 3.05) is 58.5 Å². The van der Waals surface area contributed by atoms with E-state index in [1.807, 2.05) is 54.6 Å². The Morgan fingerprint density at radius 1 is 0.921 bits per heavy atom. The number of hydrogen-bond donors (Lipinski definition) is 1. The number of Topliss-reactive ketones (excluding diaryl/α,β-unsaturated/α-hetero) is 1. The van der Waals surface area contributed by atoms with Gasteiger partial charge in [0.15, 0.2) is 5.78 Å². The van der Waals surface area contributed by atoms with Crippen molar-refractivity contribution in [2.24, 2.45) is 0 Å². The molecule has 0 saturated carbocycles. The summed E-state index contributed by atoms with van der Waals surface area (Å²) in [5.74, 6) is -0.123. The summed E-state index contributed by atoms with van der Waals surface area (Å²) in [4.78, 5) is 28.1. The second-order valence-electron chi connectivity index (χ2n) is 9.37. The number of anilines is 1. The van der Waals surface area contributed by atoms with Gasteiger partial charge in [0.05, 0.1) is 26.4 Å². The lowest BCUT2D eigenvalue weighted by Gasteiger charge is -2.26. The molecule has 0 aliphatic carbocycles. The van der Waals surface area contributed by atoms with E-state index >= 15 is 0 Å². The number of benzene rings is 3. The Labute approximate surface area is 224 Å². The third-order valence-electron chi connectivity index (χ3n) is 6.50. The van der Waals surface area contributed by atoms with E-state index in [4.69, 9.17) is 14.2 Å². The number of morpholine rings is 1. The molecule has 4 rings (SSSR count). The van der Waals surface area contributed by atoms with E-state index < -0.39 is 0 Å². The van der Waals surface area contributed by atoms with Crippen LogP contribution in [0.4, 0.5) is 5.69 Å². The van der Waals surface area contributed by atoms with E-state index in [9.17, 15) is 9.59 Å². The number of hydrogen-bond acceptors (Lipinski definition) is 6.